The summed E-state index contributed by atoms with van der Waals surface area (Å²) in [5.41, 5.74) is 2.51. The Bertz CT molecular complexity index is 861. The molecular weight excluding hydrogens is 537 g/mol. The monoisotopic (exact) mass is 569 g/mol. The van der Waals surface area contributed by atoms with E-state index in [9.17, 15) is 4.79 Å². The number of carbonyl (C=O) groups excluding carboxylic acids is 1. The summed E-state index contributed by atoms with van der Waals surface area (Å²) >= 11 is 2.03. The summed E-state index contributed by atoms with van der Waals surface area (Å²) in [6, 6.07) is 12.3. The van der Waals surface area contributed by atoms with Gasteiger partial charge in [0, 0.05) is 63.0 Å². The average molecular weight is 570 g/mol. The van der Waals surface area contributed by atoms with Crippen molar-refractivity contribution >= 4 is 53.3 Å². The van der Waals surface area contributed by atoms with E-state index in [0.29, 0.717) is 25.4 Å². The van der Waals surface area contributed by atoms with Crippen LogP contribution < -0.4 is 10.2 Å². The average Bonchev–Trinajstić information content (AvgIpc) is 3.37. The zero-order chi connectivity index (χ0) is 21.5. The molecule has 3 heterocycles. The van der Waals surface area contributed by atoms with Crippen LogP contribution in [-0.2, 0) is 6.54 Å². The highest BCUT2D eigenvalue weighted by molar-refractivity contribution is 14.0. The van der Waals surface area contributed by atoms with Crippen LogP contribution in [0.1, 0.15) is 23.0 Å². The second-order valence-corrected chi connectivity index (χ2v) is 8.92. The van der Waals surface area contributed by atoms with Crippen LogP contribution in [0.4, 0.5) is 5.69 Å². The highest BCUT2D eigenvalue weighted by Gasteiger charge is 2.25. The number of aliphatic imine (C=N–C) groups is 1. The molecule has 1 aromatic carbocycles. The maximum Gasteiger partial charge on any atom is 0.289 e. The molecule has 0 radical (unpaired) electrons. The molecule has 2 aliphatic heterocycles. The lowest BCUT2D eigenvalue weighted by molar-refractivity contribution is 0.0657. The van der Waals surface area contributed by atoms with E-state index in [-0.39, 0.29) is 29.9 Å². The summed E-state index contributed by atoms with van der Waals surface area (Å²) in [5.74, 6) is 3.68. The molecule has 1 N–H and O–H groups in total. The highest BCUT2D eigenvalue weighted by atomic mass is 127. The number of hydrogen-bond donors (Lipinski definition) is 1. The fourth-order valence-corrected chi connectivity index (χ4v) is 4.81. The van der Waals surface area contributed by atoms with Gasteiger partial charge in [0.15, 0.2) is 11.7 Å². The summed E-state index contributed by atoms with van der Waals surface area (Å²) in [6.07, 6.45) is 1.54. The third kappa shape index (κ3) is 6.34. The third-order valence-corrected chi connectivity index (χ3v) is 6.60. The van der Waals surface area contributed by atoms with Gasteiger partial charge in [-0.1, -0.05) is 12.1 Å². The van der Waals surface area contributed by atoms with E-state index in [2.05, 4.69) is 46.3 Å². The predicted molar refractivity (Wildman–Crippen MR) is 142 cm³/mol. The number of amides is 1. The standard InChI is InChI=1S/C23H31N5O2S.HI/c1-2-24-23(28-11-9-27(10-12-28)22(29)21-4-3-15-30-21)25-18-19-5-7-20(8-6-19)26-13-16-31-17-14-26;/h3-8,15H,2,9-14,16-18H2,1H3,(H,24,25);1H. The molecule has 0 atom stereocenters. The van der Waals surface area contributed by atoms with Crippen molar-refractivity contribution in [2.45, 2.75) is 13.5 Å². The Morgan fingerprint density at radius 2 is 1.72 bits per heavy atom. The summed E-state index contributed by atoms with van der Waals surface area (Å²) in [4.78, 5) is 23.9. The van der Waals surface area contributed by atoms with Gasteiger partial charge in [-0.15, -0.1) is 24.0 Å². The lowest BCUT2D eigenvalue weighted by Crippen LogP contribution is -2.53. The number of nitrogens with zero attached hydrogens (tertiary/aromatic N) is 4. The minimum absolute atomic E-state index is 0. The number of benzene rings is 1. The molecule has 7 nitrogen and oxygen atoms in total. The van der Waals surface area contributed by atoms with E-state index in [1.807, 2.05) is 16.7 Å². The Labute approximate surface area is 211 Å². The summed E-state index contributed by atoms with van der Waals surface area (Å²) < 4.78 is 5.25. The first-order chi connectivity index (χ1) is 15.2. The number of carbonyl (C=O) groups is 1. The summed E-state index contributed by atoms with van der Waals surface area (Å²) in [6.45, 7) is 8.62. The lowest BCUT2D eigenvalue weighted by atomic mass is 10.2. The number of guanidine groups is 1. The molecule has 9 heteroatoms. The normalized spacial score (nSPS) is 17.2. The zero-order valence-electron chi connectivity index (χ0n) is 18.5. The van der Waals surface area contributed by atoms with Crippen LogP contribution in [-0.4, -0.2) is 79.0 Å². The fraction of sp³-hybridized carbons (Fsp3) is 0.478. The molecule has 4 rings (SSSR count). The summed E-state index contributed by atoms with van der Waals surface area (Å²) in [5, 5.41) is 3.40. The van der Waals surface area contributed by atoms with Crippen LogP contribution in [0.15, 0.2) is 52.1 Å². The van der Waals surface area contributed by atoms with Crippen LogP contribution >= 0.6 is 35.7 Å². The number of hydrogen-bond acceptors (Lipinski definition) is 5. The minimum atomic E-state index is -0.0426. The first-order valence-corrected chi connectivity index (χ1v) is 12.2. The Hall–Kier alpha value is -1.88. The molecule has 0 saturated carbocycles. The quantitative estimate of drug-likeness (QED) is 0.339. The smallest absolute Gasteiger partial charge is 0.289 e. The van der Waals surface area contributed by atoms with Crippen molar-refractivity contribution in [3.63, 3.8) is 0 Å². The van der Waals surface area contributed by atoms with Crippen molar-refractivity contribution < 1.29 is 9.21 Å². The van der Waals surface area contributed by atoms with Crippen molar-refractivity contribution in [1.82, 2.24) is 15.1 Å². The number of nitrogens with one attached hydrogen (secondary N) is 1. The second kappa shape index (κ2) is 12.4. The molecule has 2 saturated heterocycles. The molecule has 174 valence electrons. The Morgan fingerprint density at radius 1 is 1.03 bits per heavy atom. The highest BCUT2D eigenvalue weighted by Crippen LogP contribution is 2.20. The van der Waals surface area contributed by atoms with Gasteiger partial charge in [0.2, 0.25) is 0 Å². The lowest BCUT2D eigenvalue weighted by Gasteiger charge is -2.36. The maximum absolute atomic E-state index is 12.5. The van der Waals surface area contributed by atoms with Gasteiger partial charge in [0.25, 0.3) is 5.91 Å². The van der Waals surface area contributed by atoms with Crippen LogP contribution in [0, 0.1) is 0 Å². The number of furan rings is 1. The first-order valence-electron chi connectivity index (χ1n) is 11.0. The molecule has 0 bridgehead atoms. The van der Waals surface area contributed by atoms with Crippen molar-refractivity contribution in [2.24, 2.45) is 4.99 Å². The van der Waals surface area contributed by atoms with E-state index in [0.717, 1.165) is 38.7 Å². The van der Waals surface area contributed by atoms with Gasteiger partial charge >= 0.3 is 0 Å². The van der Waals surface area contributed by atoms with Crippen molar-refractivity contribution in [3.05, 3.63) is 54.0 Å². The second-order valence-electron chi connectivity index (χ2n) is 7.69. The number of anilines is 1. The molecule has 2 aliphatic rings. The van der Waals surface area contributed by atoms with Gasteiger partial charge in [0.05, 0.1) is 12.8 Å². The van der Waals surface area contributed by atoms with E-state index in [1.165, 1.54) is 29.0 Å². The van der Waals surface area contributed by atoms with Crippen LogP contribution in [0.2, 0.25) is 0 Å². The van der Waals surface area contributed by atoms with Gasteiger partial charge in [-0.3, -0.25) is 4.79 Å². The van der Waals surface area contributed by atoms with E-state index >= 15 is 0 Å². The molecule has 0 spiro atoms. The topological polar surface area (TPSA) is 64.3 Å². The third-order valence-electron chi connectivity index (χ3n) is 5.66. The van der Waals surface area contributed by atoms with Gasteiger partial charge in [-0.05, 0) is 36.8 Å². The zero-order valence-corrected chi connectivity index (χ0v) is 21.7. The molecule has 2 fully saturated rings. The molecule has 32 heavy (non-hydrogen) atoms. The molecule has 1 amide bonds. The van der Waals surface area contributed by atoms with E-state index in [1.54, 1.807) is 12.1 Å². The van der Waals surface area contributed by atoms with Crippen molar-refractivity contribution in [3.8, 4) is 0 Å². The largest absolute Gasteiger partial charge is 0.459 e. The Balaban J connectivity index is 0.00000289. The number of piperazine rings is 1. The van der Waals surface area contributed by atoms with Crippen LogP contribution in [0.25, 0.3) is 0 Å². The van der Waals surface area contributed by atoms with Crippen molar-refractivity contribution in [1.29, 1.82) is 0 Å². The minimum Gasteiger partial charge on any atom is -0.459 e. The van der Waals surface area contributed by atoms with Gasteiger partial charge < -0.3 is 24.4 Å². The van der Waals surface area contributed by atoms with Crippen molar-refractivity contribution in [2.75, 3.05) is 62.2 Å². The predicted octanol–water partition coefficient (Wildman–Crippen LogP) is 3.37. The number of rotatable bonds is 5. The van der Waals surface area contributed by atoms with Crippen LogP contribution in [0.3, 0.4) is 0 Å². The Kier molecular flexibility index (Phi) is 9.58. The molecule has 2 aromatic rings. The van der Waals surface area contributed by atoms with Gasteiger partial charge in [-0.2, -0.15) is 11.8 Å². The van der Waals surface area contributed by atoms with E-state index in [4.69, 9.17) is 9.41 Å². The molecular formula is C23H32IN5O2S. The molecule has 0 unspecified atom stereocenters. The van der Waals surface area contributed by atoms with Gasteiger partial charge in [-0.25, -0.2) is 4.99 Å². The fourth-order valence-electron chi connectivity index (χ4n) is 3.90. The van der Waals surface area contributed by atoms with E-state index < -0.39 is 0 Å². The molecule has 1 aromatic heterocycles. The summed E-state index contributed by atoms with van der Waals surface area (Å²) in [7, 11) is 0. The van der Waals surface area contributed by atoms with Crippen LogP contribution in [0.5, 0.6) is 0 Å². The SMILES string of the molecule is CCNC(=NCc1ccc(N2CCSCC2)cc1)N1CCN(C(=O)c2ccco2)CC1.I. The number of halogens is 1. The maximum atomic E-state index is 12.5. The Morgan fingerprint density at radius 3 is 2.34 bits per heavy atom. The molecule has 0 aliphatic carbocycles. The number of thioether (sulfide) groups is 1. The van der Waals surface area contributed by atoms with Gasteiger partial charge in [0.1, 0.15) is 0 Å². The first kappa shape index (κ1) is 24.8.